The van der Waals surface area contributed by atoms with Gasteiger partial charge in [0.2, 0.25) is 5.91 Å². The van der Waals surface area contributed by atoms with Gasteiger partial charge in [0.05, 0.1) is 0 Å². The van der Waals surface area contributed by atoms with Crippen LogP contribution in [0.1, 0.15) is 50.5 Å². The second kappa shape index (κ2) is 9.06. The van der Waals surface area contributed by atoms with Gasteiger partial charge in [0.15, 0.2) is 0 Å². The number of nitrogens with zero attached hydrogens (tertiary/aromatic N) is 2. The number of ether oxygens (including phenoxy) is 1. The molecule has 0 bridgehead atoms. The van der Waals surface area contributed by atoms with Gasteiger partial charge in [0.1, 0.15) is 18.7 Å². The number of likely N-dealkylation sites (tertiary alicyclic amines) is 2. The molecule has 1 aliphatic carbocycles. The lowest BCUT2D eigenvalue weighted by Crippen LogP contribution is -2.58. The van der Waals surface area contributed by atoms with Gasteiger partial charge in [-0.25, -0.2) is 9.59 Å². The number of rotatable bonds is 4. The fourth-order valence-corrected chi connectivity index (χ4v) is 5.35. The largest absolute Gasteiger partial charge is 0.480 e. The van der Waals surface area contributed by atoms with Crippen LogP contribution in [0.4, 0.5) is 4.79 Å². The van der Waals surface area contributed by atoms with Gasteiger partial charge in [0, 0.05) is 13.1 Å². The van der Waals surface area contributed by atoms with Crippen LogP contribution >= 0.6 is 0 Å². The summed E-state index contributed by atoms with van der Waals surface area (Å²) in [6, 6.07) is 8.06. The second-order valence-corrected chi connectivity index (χ2v) is 8.78. The lowest BCUT2D eigenvalue weighted by atomic mass is 9.73. The van der Waals surface area contributed by atoms with Gasteiger partial charge in [-0.1, -0.05) is 49.6 Å². The Bertz CT molecular complexity index is 783. The van der Waals surface area contributed by atoms with Crippen molar-refractivity contribution < 1.29 is 24.2 Å². The molecule has 1 aromatic carbocycles. The minimum absolute atomic E-state index is 0.159. The van der Waals surface area contributed by atoms with Gasteiger partial charge in [-0.05, 0) is 43.1 Å². The Kier molecular flexibility index (Phi) is 6.25. The van der Waals surface area contributed by atoms with Crippen LogP contribution in [0.2, 0.25) is 0 Å². The summed E-state index contributed by atoms with van der Waals surface area (Å²) in [4.78, 5) is 41.0. The number of carboxylic acid groups (broad SMARTS) is 1. The molecule has 0 aromatic heterocycles. The number of hydrogen-bond donors (Lipinski definition) is 1. The van der Waals surface area contributed by atoms with Crippen LogP contribution in [-0.4, -0.2) is 58.0 Å². The summed E-state index contributed by atoms with van der Waals surface area (Å²) in [5.41, 5.74) is 0.895. The number of fused-ring (bicyclic) bond motifs is 1. The normalized spacial score (nSPS) is 28.7. The van der Waals surface area contributed by atoms with E-state index < -0.39 is 24.1 Å². The highest BCUT2D eigenvalue weighted by molar-refractivity contribution is 5.90. The molecule has 2 aliphatic heterocycles. The predicted octanol–water partition coefficient (Wildman–Crippen LogP) is 3.28. The quantitative estimate of drug-likeness (QED) is 0.817. The molecule has 2 amide bonds. The van der Waals surface area contributed by atoms with Crippen LogP contribution in [0.5, 0.6) is 0 Å². The van der Waals surface area contributed by atoms with E-state index in [2.05, 4.69) is 0 Å². The lowest BCUT2D eigenvalue weighted by Gasteiger charge is -2.45. The van der Waals surface area contributed by atoms with Crippen molar-refractivity contribution >= 4 is 18.0 Å². The first kappa shape index (κ1) is 20.7. The van der Waals surface area contributed by atoms with Crippen molar-refractivity contribution in [2.24, 2.45) is 11.8 Å². The lowest BCUT2D eigenvalue weighted by molar-refractivity contribution is -0.151. The van der Waals surface area contributed by atoms with Crippen molar-refractivity contribution in [3.63, 3.8) is 0 Å². The summed E-state index contributed by atoms with van der Waals surface area (Å²) >= 11 is 0. The highest BCUT2D eigenvalue weighted by atomic mass is 16.6. The van der Waals surface area contributed by atoms with Crippen LogP contribution in [0.3, 0.4) is 0 Å². The van der Waals surface area contributed by atoms with E-state index in [9.17, 15) is 19.5 Å². The third-order valence-corrected chi connectivity index (χ3v) is 6.95. The molecule has 7 nitrogen and oxygen atoms in total. The Labute approximate surface area is 177 Å². The predicted molar refractivity (Wildman–Crippen MR) is 110 cm³/mol. The van der Waals surface area contributed by atoms with E-state index in [-0.39, 0.29) is 12.5 Å². The van der Waals surface area contributed by atoms with E-state index in [4.69, 9.17) is 4.74 Å². The molecular weight excluding hydrogens is 384 g/mol. The van der Waals surface area contributed by atoms with E-state index >= 15 is 0 Å². The third kappa shape index (κ3) is 4.30. The average Bonchev–Trinajstić information content (AvgIpc) is 3.27. The minimum atomic E-state index is -0.967. The Morgan fingerprint density at radius 2 is 1.67 bits per heavy atom. The van der Waals surface area contributed by atoms with E-state index in [1.807, 2.05) is 30.3 Å². The Morgan fingerprint density at radius 1 is 0.933 bits per heavy atom. The van der Waals surface area contributed by atoms with Gasteiger partial charge in [0.25, 0.3) is 0 Å². The molecule has 3 aliphatic rings. The molecule has 1 N–H and O–H groups in total. The number of piperidine rings is 1. The van der Waals surface area contributed by atoms with Crippen LogP contribution in [0.15, 0.2) is 30.3 Å². The topological polar surface area (TPSA) is 87.2 Å². The number of aliphatic carboxylic acids is 1. The van der Waals surface area contributed by atoms with Gasteiger partial charge in [-0.15, -0.1) is 0 Å². The van der Waals surface area contributed by atoms with Crippen LogP contribution in [0.25, 0.3) is 0 Å². The molecule has 7 heteroatoms. The van der Waals surface area contributed by atoms with Gasteiger partial charge in [-0.3, -0.25) is 9.69 Å². The monoisotopic (exact) mass is 414 g/mol. The van der Waals surface area contributed by atoms with E-state index in [0.717, 1.165) is 31.2 Å². The maximum absolute atomic E-state index is 13.4. The second-order valence-electron chi connectivity index (χ2n) is 8.78. The number of carbonyl (C=O) groups excluding carboxylic acids is 2. The first-order chi connectivity index (χ1) is 14.5. The molecule has 4 atom stereocenters. The highest BCUT2D eigenvalue weighted by Crippen LogP contribution is 2.39. The zero-order valence-electron chi connectivity index (χ0n) is 17.2. The van der Waals surface area contributed by atoms with Crippen molar-refractivity contribution in [3.05, 3.63) is 35.9 Å². The van der Waals surface area contributed by atoms with Crippen LogP contribution in [-0.2, 0) is 20.9 Å². The van der Waals surface area contributed by atoms with Crippen molar-refractivity contribution in [1.82, 2.24) is 9.80 Å². The molecule has 3 fully saturated rings. The maximum Gasteiger partial charge on any atom is 0.410 e. The Hall–Kier alpha value is -2.57. The summed E-state index contributed by atoms with van der Waals surface area (Å²) in [5.74, 6) is -0.399. The standard InChI is InChI=1S/C23H30N2O5/c26-21(24-12-6-11-19(24)22(27)28)20-13-17-9-4-5-10-18(17)14-25(20)23(29)30-15-16-7-2-1-3-8-16/h1-3,7-8,17-20H,4-6,9-15H2,(H,27,28)/t17?,18?,19-,20?/m0/s1. The molecule has 30 heavy (non-hydrogen) atoms. The molecule has 3 unspecified atom stereocenters. The molecule has 2 saturated heterocycles. The molecule has 2 heterocycles. The first-order valence-electron chi connectivity index (χ1n) is 11.0. The third-order valence-electron chi connectivity index (χ3n) is 6.95. The Balaban J connectivity index is 1.51. The maximum atomic E-state index is 13.4. The van der Waals surface area contributed by atoms with E-state index in [1.165, 1.54) is 4.90 Å². The molecule has 0 spiro atoms. The zero-order chi connectivity index (χ0) is 21.1. The number of amides is 2. The van der Waals surface area contributed by atoms with Crippen LogP contribution in [0, 0.1) is 11.8 Å². The average molecular weight is 415 g/mol. The molecule has 1 aromatic rings. The summed E-state index contributed by atoms with van der Waals surface area (Å²) in [6.45, 7) is 1.11. The fourth-order valence-electron chi connectivity index (χ4n) is 5.35. The summed E-state index contributed by atoms with van der Waals surface area (Å²) < 4.78 is 5.56. The zero-order valence-corrected chi connectivity index (χ0v) is 17.2. The number of carboxylic acids is 1. The molecule has 162 valence electrons. The summed E-state index contributed by atoms with van der Waals surface area (Å²) in [6.07, 6.45) is 5.72. The van der Waals surface area contributed by atoms with Crippen molar-refractivity contribution in [2.45, 2.75) is 63.6 Å². The Morgan fingerprint density at radius 3 is 2.40 bits per heavy atom. The fraction of sp³-hybridized carbons (Fsp3) is 0.609. The van der Waals surface area contributed by atoms with Crippen molar-refractivity contribution in [1.29, 1.82) is 0 Å². The number of carbonyl (C=O) groups is 3. The van der Waals surface area contributed by atoms with Crippen molar-refractivity contribution in [3.8, 4) is 0 Å². The van der Waals surface area contributed by atoms with Crippen molar-refractivity contribution in [2.75, 3.05) is 13.1 Å². The number of hydrogen-bond acceptors (Lipinski definition) is 4. The van der Waals surface area contributed by atoms with Gasteiger partial charge < -0.3 is 14.7 Å². The molecule has 0 radical (unpaired) electrons. The number of benzene rings is 1. The van der Waals surface area contributed by atoms with E-state index in [1.54, 1.807) is 4.90 Å². The van der Waals surface area contributed by atoms with Crippen LogP contribution < -0.4 is 0 Å². The minimum Gasteiger partial charge on any atom is -0.480 e. The molecule has 1 saturated carbocycles. The molecular formula is C23H30N2O5. The van der Waals surface area contributed by atoms with E-state index in [0.29, 0.717) is 44.2 Å². The summed E-state index contributed by atoms with van der Waals surface area (Å²) in [5, 5.41) is 9.50. The van der Waals surface area contributed by atoms with Gasteiger partial charge in [-0.2, -0.15) is 0 Å². The summed E-state index contributed by atoms with van der Waals surface area (Å²) in [7, 11) is 0. The molecule has 4 rings (SSSR count). The highest BCUT2D eigenvalue weighted by Gasteiger charge is 2.46. The van der Waals surface area contributed by atoms with Gasteiger partial charge >= 0.3 is 12.1 Å². The smallest absolute Gasteiger partial charge is 0.410 e. The first-order valence-corrected chi connectivity index (χ1v) is 11.0. The SMILES string of the molecule is O=C(O)[C@@H]1CCCN1C(=O)C1CC2CCCCC2CN1C(=O)OCc1ccccc1.